The summed E-state index contributed by atoms with van der Waals surface area (Å²) >= 11 is 0. The molecule has 0 aromatic rings. The summed E-state index contributed by atoms with van der Waals surface area (Å²) in [7, 11) is 0. The Balaban J connectivity index is 3.48. The Bertz CT molecular complexity index is 1830. The molecule has 0 heterocycles. The summed E-state index contributed by atoms with van der Waals surface area (Å²) in [6.45, 7) is 3.93. The van der Waals surface area contributed by atoms with Crippen molar-refractivity contribution in [3.8, 4) is 0 Å². The van der Waals surface area contributed by atoms with Gasteiger partial charge in [0.15, 0.2) is 6.10 Å². The smallest absolute Gasteiger partial charge is 0.306 e. The molecule has 0 aliphatic rings. The van der Waals surface area contributed by atoms with Crippen LogP contribution >= 0.6 is 0 Å². The molecule has 0 rings (SSSR count). The zero-order valence-electron chi connectivity index (χ0n) is 56.0. The summed E-state index contributed by atoms with van der Waals surface area (Å²) in [5.41, 5.74) is 0. The van der Waals surface area contributed by atoms with Crippen LogP contribution in [-0.4, -0.2) is 36.4 Å². The molecule has 1 N–H and O–H groups in total. The second-order valence-electron chi connectivity index (χ2n) is 23.6. The first kappa shape index (κ1) is 81.5. The average molecular weight is 1190 g/mol. The number of rotatable bonds is 65. The van der Waals surface area contributed by atoms with E-state index in [-0.39, 0.29) is 25.2 Å². The molecule has 0 radical (unpaired) electrons. The molecule has 0 amide bonds. The van der Waals surface area contributed by atoms with Crippen LogP contribution < -0.4 is 0 Å². The molecular weight excluding hydrogens is 1050 g/mol. The van der Waals surface area contributed by atoms with Gasteiger partial charge in [-0.15, -0.1) is 0 Å². The molecular formula is C81H134O5. The van der Waals surface area contributed by atoms with Gasteiger partial charge >= 0.3 is 11.9 Å². The highest BCUT2D eigenvalue weighted by atomic mass is 16.6. The Morgan fingerprint density at radius 2 is 0.465 bits per heavy atom. The maximum absolute atomic E-state index is 12.4. The highest BCUT2D eigenvalue weighted by Gasteiger charge is 2.16. The average Bonchev–Trinajstić information content (AvgIpc) is 3.54. The largest absolute Gasteiger partial charge is 0.462 e. The van der Waals surface area contributed by atoms with Crippen LogP contribution in [0.3, 0.4) is 0 Å². The molecule has 0 fully saturated rings. The van der Waals surface area contributed by atoms with Crippen molar-refractivity contribution in [2.45, 2.75) is 328 Å². The topological polar surface area (TPSA) is 72.8 Å². The van der Waals surface area contributed by atoms with Crippen LogP contribution in [-0.2, 0) is 19.1 Å². The molecule has 5 nitrogen and oxygen atoms in total. The minimum atomic E-state index is -0.782. The lowest BCUT2D eigenvalue weighted by Gasteiger charge is -2.15. The van der Waals surface area contributed by atoms with Crippen LogP contribution in [0.4, 0.5) is 0 Å². The molecule has 86 heavy (non-hydrogen) atoms. The van der Waals surface area contributed by atoms with Gasteiger partial charge < -0.3 is 14.6 Å². The highest BCUT2D eigenvalue weighted by molar-refractivity contribution is 5.70. The highest BCUT2D eigenvalue weighted by Crippen LogP contribution is 2.17. The van der Waals surface area contributed by atoms with Gasteiger partial charge in [-0.25, -0.2) is 0 Å². The summed E-state index contributed by atoms with van der Waals surface area (Å²) in [6.07, 6.45) is 114. The monoisotopic (exact) mass is 1190 g/mol. The molecule has 5 heteroatoms. The summed E-state index contributed by atoms with van der Waals surface area (Å²) < 4.78 is 10.8. The van der Waals surface area contributed by atoms with Crippen molar-refractivity contribution in [1.29, 1.82) is 0 Å². The fourth-order valence-corrected chi connectivity index (χ4v) is 10.0. The van der Waals surface area contributed by atoms with E-state index in [1.54, 1.807) is 0 Å². The quantitative estimate of drug-likeness (QED) is 0.0373. The van der Waals surface area contributed by atoms with Gasteiger partial charge in [-0.05, 0) is 122 Å². The van der Waals surface area contributed by atoms with E-state index in [1.165, 1.54) is 173 Å². The second-order valence-corrected chi connectivity index (χ2v) is 23.6. The molecule has 488 valence electrons. The number of allylic oxidation sites excluding steroid dienone is 26. The molecule has 1 atom stereocenters. The molecule has 0 aromatic heterocycles. The van der Waals surface area contributed by atoms with Crippen molar-refractivity contribution < 1.29 is 24.2 Å². The number of hydrogen-bond donors (Lipinski definition) is 1. The van der Waals surface area contributed by atoms with Crippen molar-refractivity contribution in [3.63, 3.8) is 0 Å². The zero-order valence-corrected chi connectivity index (χ0v) is 56.0. The first-order valence-corrected chi connectivity index (χ1v) is 36.0. The summed E-state index contributed by atoms with van der Waals surface area (Å²) in [5, 5.41) is 9.71. The molecule has 0 spiro atoms. The summed E-state index contributed by atoms with van der Waals surface area (Å²) in [4.78, 5) is 24.7. The van der Waals surface area contributed by atoms with Crippen LogP contribution in [0.15, 0.2) is 158 Å². The third kappa shape index (κ3) is 72.0. The molecule has 1 unspecified atom stereocenters. The third-order valence-corrected chi connectivity index (χ3v) is 15.3. The number of aliphatic hydroxyl groups is 1. The number of esters is 2. The van der Waals surface area contributed by atoms with Crippen LogP contribution in [0.25, 0.3) is 0 Å². The number of carbonyl (C=O) groups excluding carboxylic acids is 2. The molecule has 0 aliphatic heterocycles. The van der Waals surface area contributed by atoms with Crippen molar-refractivity contribution in [3.05, 3.63) is 158 Å². The van der Waals surface area contributed by atoms with Crippen molar-refractivity contribution in [2.24, 2.45) is 0 Å². The van der Waals surface area contributed by atoms with Gasteiger partial charge in [-0.2, -0.15) is 0 Å². The van der Waals surface area contributed by atoms with E-state index in [4.69, 9.17) is 9.47 Å². The summed E-state index contributed by atoms with van der Waals surface area (Å²) in [5.74, 6) is -0.588. The van der Waals surface area contributed by atoms with Gasteiger partial charge in [0.2, 0.25) is 0 Å². The van der Waals surface area contributed by atoms with E-state index in [1.807, 2.05) is 0 Å². The van der Waals surface area contributed by atoms with Crippen LogP contribution in [0.1, 0.15) is 322 Å². The Hall–Kier alpha value is -4.48. The number of ether oxygens (including phenoxy) is 2. The Kier molecular flexibility index (Phi) is 70.9. The van der Waals surface area contributed by atoms with Gasteiger partial charge in [-0.1, -0.05) is 345 Å². The van der Waals surface area contributed by atoms with Gasteiger partial charge in [0, 0.05) is 12.8 Å². The van der Waals surface area contributed by atoms with Crippen LogP contribution in [0.5, 0.6) is 0 Å². The fraction of sp³-hybridized carbons (Fsp3) is 0.654. The number of unbranched alkanes of at least 4 members (excludes halogenated alkanes) is 31. The second kappa shape index (κ2) is 74.8. The van der Waals surface area contributed by atoms with E-state index in [9.17, 15) is 14.7 Å². The number of aliphatic hydroxyl groups excluding tert-OH is 1. The minimum Gasteiger partial charge on any atom is -0.462 e. The maximum Gasteiger partial charge on any atom is 0.306 e. The van der Waals surface area contributed by atoms with Crippen molar-refractivity contribution >= 4 is 11.9 Å². The van der Waals surface area contributed by atoms with Crippen LogP contribution in [0, 0.1) is 0 Å². The first-order valence-electron chi connectivity index (χ1n) is 36.0. The first-order chi connectivity index (χ1) is 42.6. The minimum absolute atomic E-state index is 0.0712. The standard InChI is InChI=1S/C81H134O5/c1-3-5-7-9-11-13-15-17-19-21-23-25-27-29-31-33-35-36-37-38-39-40-41-42-43-44-46-48-50-52-54-56-58-60-62-64-66-68-70-72-74-76-81(84)86-79(77-82)78-85-80(83)75-73-71-69-67-65-63-61-59-57-55-53-51-49-47-45-34-32-30-28-26-24-22-20-18-16-14-12-10-8-6-4-2/h5-8,11-14,17-20,23-26,29-32,35-36,38-39,45,47,79,82H,3-4,9-10,15-16,21-22,27-28,33-34,37,40-44,46,48-78H2,1-2H3/b7-5-,8-6-,13-11-,14-12-,19-17-,20-18-,25-23-,26-24-,31-29-,32-30-,36-35-,39-38-,47-45-. The lowest BCUT2D eigenvalue weighted by Crippen LogP contribution is -2.28. The lowest BCUT2D eigenvalue weighted by molar-refractivity contribution is -0.161. The molecule has 0 aliphatic carbocycles. The Labute approximate surface area is 532 Å². The Morgan fingerprint density at radius 3 is 0.698 bits per heavy atom. The molecule has 0 saturated carbocycles. The van der Waals surface area contributed by atoms with E-state index >= 15 is 0 Å². The van der Waals surface area contributed by atoms with Crippen LogP contribution in [0.2, 0.25) is 0 Å². The van der Waals surface area contributed by atoms with E-state index in [0.29, 0.717) is 12.8 Å². The SMILES string of the molecule is CC/C=C\C/C=C\C/C=C\C/C=C\C/C=C\C/C=C\C/C=C\CCCCCCCCCCCCCCCCCCCCCC(=O)OC(CO)COC(=O)CCCCCCCCCCCCCC/C=C\C/C=C\C/C=C\C/C=C\C/C=C\C/C=C\CC. The van der Waals surface area contributed by atoms with Gasteiger partial charge in [0.1, 0.15) is 6.61 Å². The summed E-state index contributed by atoms with van der Waals surface area (Å²) in [6, 6.07) is 0. The molecule has 0 bridgehead atoms. The van der Waals surface area contributed by atoms with Gasteiger partial charge in [0.25, 0.3) is 0 Å². The van der Waals surface area contributed by atoms with E-state index in [2.05, 4.69) is 172 Å². The van der Waals surface area contributed by atoms with Gasteiger partial charge in [-0.3, -0.25) is 9.59 Å². The number of hydrogen-bond acceptors (Lipinski definition) is 5. The van der Waals surface area contributed by atoms with E-state index in [0.717, 1.165) is 122 Å². The molecule has 0 saturated heterocycles. The van der Waals surface area contributed by atoms with E-state index < -0.39 is 6.10 Å². The van der Waals surface area contributed by atoms with Crippen molar-refractivity contribution in [1.82, 2.24) is 0 Å². The number of carbonyl (C=O) groups is 2. The lowest BCUT2D eigenvalue weighted by atomic mass is 10.0. The zero-order chi connectivity index (χ0) is 61.9. The predicted octanol–water partition coefficient (Wildman–Crippen LogP) is 25.4. The van der Waals surface area contributed by atoms with Crippen molar-refractivity contribution in [2.75, 3.05) is 13.2 Å². The Morgan fingerprint density at radius 1 is 0.267 bits per heavy atom. The third-order valence-electron chi connectivity index (χ3n) is 15.3. The predicted molar refractivity (Wildman–Crippen MR) is 380 cm³/mol. The normalized spacial score (nSPS) is 13.2. The van der Waals surface area contributed by atoms with Gasteiger partial charge in [0.05, 0.1) is 6.61 Å². The maximum atomic E-state index is 12.4. The fourth-order valence-electron chi connectivity index (χ4n) is 10.0. The molecule has 0 aromatic carbocycles.